The highest BCUT2D eigenvalue weighted by atomic mass is 32.2. The third-order valence-electron chi connectivity index (χ3n) is 16.6. The van der Waals surface area contributed by atoms with Crippen LogP contribution in [0.15, 0.2) is 60.7 Å². The summed E-state index contributed by atoms with van der Waals surface area (Å²) in [6.45, 7) is 25.6. The van der Waals surface area contributed by atoms with Crippen LogP contribution in [0.4, 0.5) is 35.1 Å². The van der Waals surface area contributed by atoms with Crippen LogP contribution in [0.5, 0.6) is 11.5 Å². The molecule has 2 amide bonds. The first-order valence-corrected chi connectivity index (χ1v) is 39.5. The van der Waals surface area contributed by atoms with Gasteiger partial charge in [-0.25, -0.2) is 47.5 Å². The van der Waals surface area contributed by atoms with Gasteiger partial charge in [-0.3, -0.25) is 19.2 Å². The lowest BCUT2D eigenvalue weighted by molar-refractivity contribution is -0.890. The molecular formula is C71H99F8N7O12S6. The van der Waals surface area contributed by atoms with Crippen molar-refractivity contribution in [3.63, 3.8) is 0 Å². The van der Waals surface area contributed by atoms with Crippen LogP contribution in [0.25, 0.3) is 9.69 Å². The van der Waals surface area contributed by atoms with Gasteiger partial charge in [-0.2, -0.15) is 42.8 Å². The number of halogens is 8. The molecule has 0 fully saturated rings. The first-order valence-electron chi connectivity index (χ1n) is 33.5. The first-order chi connectivity index (χ1) is 48.3. The fraction of sp³-hybridized carbons (Fsp3) is 0.577. The molecule has 0 heterocycles. The number of hydrogen-bond acceptors (Lipinski definition) is 17. The van der Waals surface area contributed by atoms with Crippen molar-refractivity contribution in [2.24, 2.45) is 5.73 Å². The Morgan fingerprint density at radius 2 is 0.894 bits per heavy atom. The van der Waals surface area contributed by atoms with Crippen molar-refractivity contribution in [3.05, 3.63) is 152 Å². The molecule has 582 valence electrons. The fourth-order valence-electron chi connectivity index (χ4n) is 11.1. The molecule has 0 aromatic heterocycles. The number of amides is 2. The van der Waals surface area contributed by atoms with E-state index < -0.39 is 157 Å². The molecule has 4 atom stereocenters. The minimum Gasteiger partial charge on any atom is -0.748 e. The zero-order valence-corrected chi connectivity index (χ0v) is 65.8. The lowest BCUT2D eigenvalue weighted by Crippen LogP contribution is -2.46. The summed E-state index contributed by atoms with van der Waals surface area (Å²) in [6.07, 6.45) is 1.31. The number of nitrogens with zero attached hydrogens (tertiary/aromatic N) is 4. The average molecular weight is 1590 g/mol. The number of rotatable bonds is 42. The predicted octanol–water partition coefficient (Wildman–Crippen LogP) is 13.1. The van der Waals surface area contributed by atoms with E-state index in [1.807, 2.05) is 28.2 Å². The lowest BCUT2D eigenvalue weighted by Gasteiger charge is -2.33. The highest BCUT2D eigenvalue weighted by Gasteiger charge is 2.46. The third kappa shape index (κ3) is 32.4. The number of nitrogens with two attached hydrogens (primary N) is 1. The van der Waals surface area contributed by atoms with E-state index in [1.165, 1.54) is 60.7 Å². The summed E-state index contributed by atoms with van der Waals surface area (Å²) in [5.41, 5.74) is 0.797. The minimum absolute atomic E-state index is 0.0777. The van der Waals surface area contributed by atoms with Crippen LogP contribution < -0.4 is 25.8 Å². The molecule has 0 bridgehead atoms. The maximum atomic E-state index is 16.1. The van der Waals surface area contributed by atoms with Gasteiger partial charge in [0.25, 0.3) is 0 Å². The molecule has 0 saturated carbocycles. The number of thiol groups is 2. The number of thioether (sulfide) groups is 2. The number of unbranched alkanes of at least 4 members (excludes halogenated alkanes) is 2. The Morgan fingerprint density at radius 1 is 0.538 bits per heavy atom. The van der Waals surface area contributed by atoms with E-state index in [-0.39, 0.29) is 75.5 Å². The second-order valence-corrected chi connectivity index (χ2v) is 34.9. The van der Waals surface area contributed by atoms with Crippen LogP contribution in [0.3, 0.4) is 0 Å². The summed E-state index contributed by atoms with van der Waals surface area (Å²) in [6, 6.07) is 16.6. The van der Waals surface area contributed by atoms with Crippen LogP contribution in [0, 0.1) is 59.7 Å². The van der Waals surface area contributed by atoms with Gasteiger partial charge in [0.2, 0.25) is 56.4 Å². The summed E-state index contributed by atoms with van der Waals surface area (Å²) < 4.78 is 198. The molecule has 4 unspecified atom stereocenters. The van der Waals surface area contributed by atoms with Gasteiger partial charge in [0.15, 0.2) is 34.8 Å². The molecule has 4 aromatic carbocycles. The minimum atomic E-state index is -4.37. The lowest BCUT2D eigenvalue weighted by atomic mass is 9.79. The highest BCUT2D eigenvalue weighted by Crippen LogP contribution is 2.46. The molecule has 0 radical (unpaired) electrons. The Morgan fingerprint density at radius 3 is 1.27 bits per heavy atom. The van der Waals surface area contributed by atoms with Crippen molar-refractivity contribution in [1.82, 2.24) is 10.6 Å². The van der Waals surface area contributed by atoms with Gasteiger partial charge in [0.1, 0.15) is 0 Å². The van der Waals surface area contributed by atoms with E-state index in [9.17, 15) is 53.9 Å². The topological polar surface area (TPSA) is 260 Å². The summed E-state index contributed by atoms with van der Waals surface area (Å²) >= 11 is 10.1. The molecule has 0 saturated heterocycles. The van der Waals surface area contributed by atoms with Crippen molar-refractivity contribution >= 4 is 91.1 Å². The second kappa shape index (κ2) is 43.3. The molecule has 19 nitrogen and oxygen atoms in total. The molecule has 0 aliphatic heterocycles. The fourth-order valence-corrected chi connectivity index (χ4v) is 14.5. The molecule has 0 aliphatic carbocycles. The van der Waals surface area contributed by atoms with E-state index in [0.29, 0.717) is 96.1 Å². The summed E-state index contributed by atoms with van der Waals surface area (Å²) in [5, 5.41) is 4.78. The van der Waals surface area contributed by atoms with Crippen molar-refractivity contribution in [2.45, 2.75) is 151 Å². The number of ether oxygens (including phenoxy) is 2. The summed E-state index contributed by atoms with van der Waals surface area (Å²) in [5.74, 6) is -20.4. The molecule has 104 heavy (non-hydrogen) atoms. The van der Waals surface area contributed by atoms with E-state index in [2.05, 4.69) is 51.3 Å². The Bertz CT molecular complexity index is 3740. The molecule has 4 aromatic rings. The van der Waals surface area contributed by atoms with Gasteiger partial charge in [-0.1, -0.05) is 84.2 Å². The van der Waals surface area contributed by atoms with Crippen molar-refractivity contribution in [3.8, 4) is 11.5 Å². The maximum Gasteiger partial charge on any atom is 0.236 e. The number of carbonyl (C=O) groups is 4. The van der Waals surface area contributed by atoms with Crippen LogP contribution in [-0.4, -0.2) is 188 Å². The molecule has 4 N–H and O–H groups in total. The Kier molecular flexibility index (Phi) is 39.3. The zero-order chi connectivity index (χ0) is 79.2. The van der Waals surface area contributed by atoms with E-state index in [1.54, 1.807) is 48.5 Å². The normalized spacial score (nSPS) is 13.8. The van der Waals surface area contributed by atoms with E-state index in [4.69, 9.17) is 22.6 Å². The van der Waals surface area contributed by atoms with Gasteiger partial charge in [0.05, 0.1) is 97.3 Å². The quantitative estimate of drug-likeness (QED) is 0.00525. The zero-order valence-electron chi connectivity index (χ0n) is 60.7. The molecule has 33 heteroatoms. The number of quaternary nitrogens is 2. The maximum absolute atomic E-state index is 16.1. The number of carbonyl (C=O) groups excluding carboxylic acids is 4. The summed E-state index contributed by atoms with van der Waals surface area (Å²) in [4.78, 5) is 60.1. The molecular weight excluding hydrogens is 1490 g/mol. The molecule has 4 rings (SSSR count). The standard InChI is InChI=1S/C42H51F4N3O7S3.C28H43F4N3O5S3.CH5N/c1-41(2,47-4)27-31(32-33(43)35(45)37(36(46)34(32)44)56-24-13-14-25-57-38(50)29-17-9-7-10-18-29)28-42(3,58-39(51)30-19-11-8-12-20-30)40(52)48-21-15-22-49(5,6)23-16-26-59(53,54)55;1-27(2,33-4)17-19(20-21(29)23(31)25(24(32)22(20)30)40-14-7-8-15-41)18-28(3,42)26(36)34-11-9-12-35(5,6)13-10-16-43(37,38)39;1-2/h7-12,17-20,31H,13-16,21-28H2,1-3,5-6H3,(H-,48,52,53,54,55);19H,7-18H2,1-3,5-6H3,(H3-,34,36,37,38,39,41,42);2H2,1H3. The van der Waals surface area contributed by atoms with Crippen molar-refractivity contribution in [2.75, 3.05) is 111 Å². The Balaban J connectivity index is 0.000000725. The van der Waals surface area contributed by atoms with Crippen molar-refractivity contribution < 1.29 is 98.7 Å². The third-order valence-corrected chi connectivity index (χ3v) is 21.1. The number of nitrogens with one attached hydrogen (secondary N) is 2. The van der Waals surface area contributed by atoms with Crippen molar-refractivity contribution in [1.29, 1.82) is 0 Å². The SMILES string of the molecule is CN.[C-]#[N+]C(C)(C)CC(CC(C)(S)C(=O)NCCC[N+](C)(C)CCCS(=O)(=O)[O-])c1c(F)c(F)c(OCCCCS)c(F)c1F.[C-]#[N+]C(C)(C)CC(CC(C)(SC(=O)c1ccccc1)C(=O)NCCC[N+](C)(C)CCCS(=O)(=O)[O-])c1c(F)c(F)c(OCCCCSC(=O)c2ccccc2)c(F)c1F. The van der Waals surface area contributed by atoms with Gasteiger partial charge in [-0.15, -0.1) is 0 Å². The van der Waals surface area contributed by atoms with Crippen LogP contribution in [0.1, 0.15) is 162 Å². The molecule has 0 aliphatic rings. The highest BCUT2D eigenvalue weighted by molar-refractivity contribution is 8.15. The van der Waals surface area contributed by atoms with Crippen LogP contribution in [-0.2, 0) is 29.8 Å². The van der Waals surface area contributed by atoms with E-state index >= 15 is 26.3 Å². The monoisotopic (exact) mass is 1590 g/mol. The second-order valence-electron chi connectivity index (χ2n) is 27.9. The smallest absolute Gasteiger partial charge is 0.236 e. The Labute approximate surface area is 627 Å². The summed E-state index contributed by atoms with van der Waals surface area (Å²) in [7, 11) is 0.194. The van der Waals surface area contributed by atoms with Crippen LogP contribution in [0.2, 0.25) is 0 Å². The number of benzene rings is 4. The average Bonchev–Trinajstić information content (AvgIpc) is 0.770. The molecule has 0 spiro atoms. The van der Waals surface area contributed by atoms with Gasteiger partial charge in [0, 0.05) is 119 Å². The largest absolute Gasteiger partial charge is 0.748 e. The number of hydrogen-bond donors (Lipinski definition) is 5. The Hall–Kier alpha value is -5.72. The van der Waals surface area contributed by atoms with E-state index in [0.717, 1.165) is 11.8 Å². The van der Waals surface area contributed by atoms with Gasteiger partial charge in [-0.05, 0) is 77.0 Å². The first kappa shape index (κ1) is 94.4. The predicted molar refractivity (Wildman–Crippen MR) is 396 cm³/mol. The van der Waals surface area contributed by atoms with Gasteiger partial charge < -0.3 is 53.6 Å². The van der Waals surface area contributed by atoms with Crippen LogP contribution >= 0.6 is 48.8 Å². The van der Waals surface area contributed by atoms with Gasteiger partial charge >= 0.3 is 0 Å².